The molecule has 1 aromatic carbocycles. The minimum atomic E-state index is -0.678. The standard InChI is InChI=1S/C15H15ClF2N2O/c1-2-5-19-8-10-6-12(16)15(20-9-10)21-14-7-11(17)3-4-13(14)18/h3-4,6-7,9,19H,2,5,8H2,1H3. The highest BCUT2D eigenvalue weighted by Crippen LogP contribution is 2.29. The van der Waals surface area contributed by atoms with E-state index in [1.165, 1.54) is 0 Å². The predicted octanol–water partition coefficient (Wildman–Crippen LogP) is 4.31. The van der Waals surface area contributed by atoms with Gasteiger partial charge in [-0.15, -0.1) is 0 Å². The summed E-state index contributed by atoms with van der Waals surface area (Å²) in [7, 11) is 0. The van der Waals surface area contributed by atoms with Crippen molar-refractivity contribution in [3.05, 3.63) is 52.7 Å². The minimum absolute atomic E-state index is 0.0420. The molecule has 21 heavy (non-hydrogen) atoms. The molecule has 1 aromatic heterocycles. The Labute approximate surface area is 126 Å². The second-order valence-corrected chi connectivity index (χ2v) is 4.89. The first kappa shape index (κ1) is 15.7. The highest BCUT2D eigenvalue weighted by molar-refractivity contribution is 6.31. The Kier molecular flexibility index (Phi) is 5.47. The van der Waals surface area contributed by atoms with Crippen molar-refractivity contribution in [2.45, 2.75) is 19.9 Å². The van der Waals surface area contributed by atoms with Crippen molar-refractivity contribution in [2.24, 2.45) is 0 Å². The Morgan fingerprint density at radius 3 is 2.81 bits per heavy atom. The van der Waals surface area contributed by atoms with Crippen molar-refractivity contribution in [3.63, 3.8) is 0 Å². The summed E-state index contributed by atoms with van der Waals surface area (Å²) in [5.74, 6) is -1.48. The molecule has 2 rings (SSSR count). The number of rotatable bonds is 6. The van der Waals surface area contributed by atoms with Gasteiger partial charge in [0, 0.05) is 18.8 Å². The first-order chi connectivity index (χ1) is 10.1. The Hall–Kier alpha value is -1.72. The number of nitrogens with zero attached hydrogens (tertiary/aromatic N) is 1. The number of ether oxygens (including phenoxy) is 1. The summed E-state index contributed by atoms with van der Waals surface area (Å²) in [4.78, 5) is 4.04. The molecule has 0 aliphatic heterocycles. The van der Waals surface area contributed by atoms with Gasteiger partial charge in [-0.2, -0.15) is 0 Å². The van der Waals surface area contributed by atoms with Gasteiger partial charge in [0.25, 0.3) is 0 Å². The molecule has 0 aliphatic rings. The first-order valence-electron chi connectivity index (χ1n) is 6.58. The SMILES string of the molecule is CCCNCc1cnc(Oc2cc(F)ccc2F)c(Cl)c1. The van der Waals surface area contributed by atoms with Gasteiger partial charge in [-0.1, -0.05) is 18.5 Å². The molecule has 2 aromatic rings. The summed E-state index contributed by atoms with van der Waals surface area (Å²) in [5.41, 5.74) is 0.889. The lowest BCUT2D eigenvalue weighted by Gasteiger charge is -2.09. The maximum atomic E-state index is 13.5. The van der Waals surface area contributed by atoms with Gasteiger partial charge in [0.1, 0.15) is 10.8 Å². The molecular weight excluding hydrogens is 298 g/mol. The van der Waals surface area contributed by atoms with Crippen LogP contribution in [0, 0.1) is 11.6 Å². The number of aromatic nitrogens is 1. The lowest BCUT2D eigenvalue weighted by molar-refractivity contribution is 0.422. The average molecular weight is 313 g/mol. The fraction of sp³-hybridized carbons (Fsp3) is 0.267. The van der Waals surface area contributed by atoms with Gasteiger partial charge in [-0.25, -0.2) is 13.8 Å². The van der Waals surface area contributed by atoms with Crippen LogP contribution in [0.5, 0.6) is 11.6 Å². The average Bonchev–Trinajstić information content (AvgIpc) is 2.46. The lowest BCUT2D eigenvalue weighted by Crippen LogP contribution is -2.13. The fourth-order valence-corrected chi connectivity index (χ4v) is 1.93. The molecule has 6 heteroatoms. The zero-order chi connectivity index (χ0) is 15.2. The molecule has 0 radical (unpaired) electrons. The van der Waals surface area contributed by atoms with E-state index in [0.717, 1.165) is 36.7 Å². The maximum absolute atomic E-state index is 13.5. The lowest BCUT2D eigenvalue weighted by atomic mass is 10.3. The van der Waals surface area contributed by atoms with Gasteiger partial charge in [0.2, 0.25) is 5.88 Å². The predicted molar refractivity (Wildman–Crippen MR) is 77.7 cm³/mol. The quantitative estimate of drug-likeness (QED) is 0.807. The van der Waals surface area contributed by atoms with Gasteiger partial charge in [0.05, 0.1) is 0 Å². The largest absolute Gasteiger partial charge is 0.434 e. The van der Waals surface area contributed by atoms with Crippen molar-refractivity contribution in [3.8, 4) is 11.6 Å². The second-order valence-electron chi connectivity index (χ2n) is 4.48. The van der Waals surface area contributed by atoms with Crippen LogP contribution in [0.15, 0.2) is 30.5 Å². The number of pyridine rings is 1. The van der Waals surface area contributed by atoms with Crippen molar-refractivity contribution in [2.75, 3.05) is 6.54 Å². The molecule has 1 heterocycles. The van der Waals surface area contributed by atoms with E-state index in [4.69, 9.17) is 16.3 Å². The summed E-state index contributed by atoms with van der Waals surface area (Å²) < 4.78 is 31.8. The van der Waals surface area contributed by atoms with Crippen LogP contribution >= 0.6 is 11.6 Å². The molecule has 0 aliphatic carbocycles. The second kappa shape index (κ2) is 7.33. The van der Waals surface area contributed by atoms with E-state index in [-0.39, 0.29) is 16.7 Å². The Morgan fingerprint density at radius 1 is 1.29 bits per heavy atom. The van der Waals surface area contributed by atoms with Crippen LogP contribution in [-0.4, -0.2) is 11.5 Å². The zero-order valence-corrected chi connectivity index (χ0v) is 12.3. The number of hydrogen-bond acceptors (Lipinski definition) is 3. The smallest absolute Gasteiger partial charge is 0.238 e. The van der Waals surface area contributed by atoms with Crippen LogP contribution in [0.3, 0.4) is 0 Å². The number of benzene rings is 1. The van der Waals surface area contributed by atoms with E-state index in [0.29, 0.717) is 6.54 Å². The van der Waals surface area contributed by atoms with Crippen LogP contribution < -0.4 is 10.1 Å². The molecule has 0 saturated heterocycles. The molecule has 112 valence electrons. The molecule has 1 N–H and O–H groups in total. The van der Waals surface area contributed by atoms with E-state index < -0.39 is 11.6 Å². The van der Waals surface area contributed by atoms with Gasteiger partial charge in [-0.3, -0.25) is 0 Å². The molecule has 0 atom stereocenters. The summed E-state index contributed by atoms with van der Waals surface area (Å²) >= 11 is 6.05. The third-order valence-electron chi connectivity index (χ3n) is 2.72. The van der Waals surface area contributed by atoms with E-state index >= 15 is 0 Å². The molecule has 0 amide bonds. The van der Waals surface area contributed by atoms with Crippen LogP contribution in [0.4, 0.5) is 8.78 Å². The van der Waals surface area contributed by atoms with Crippen molar-refractivity contribution in [1.82, 2.24) is 10.3 Å². The first-order valence-corrected chi connectivity index (χ1v) is 6.96. The van der Waals surface area contributed by atoms with E-state index in [2.05, 4.69) is 17.2 Å². The minimum Gasteiger partial charge on any atom is -0.434 e. The van der Waals surface area contributed by atoms with Crippen LogP contribution in [0.1, 0.15) is 18.9 Å². The Bertz CT molecular complexity index is 623. The third kappa shape index (κ3) is 4.37. The highest BCUT2D eigenvalue weighted by atomic mass is 35.5. The number of hydrogen-bond donors (Lipinski definition) is 1. The summed E-state index contributed by atoms with van der Waals surface area (Å²) in [5, 5.41) is 3.46. The molecular formula is C15H15ClF2N2O. The molecule has 0 saturated carbocycles. The topological polar surface area (TPSA) is 34.2 Å². The fourth-order valence-electron chi connectivity index (χ4n) is 1.71. The van der Waals surface area contributed by atoms with Crippen molar-refractivity contribution < 1.29 is 13.5 Å². The normalized spacial score (nSPS) is 10.7. The summed E-state index contributed by atoms with van der Waals surface area (Å²) in [6.07, 6.45) is 2.61. The van der Waals surface area contributed by atoms with E-state index in [9.17, 15) is 8.78 Å². The van der Waals surface area contributed by atoms with Crippen molar-refractivity contribution >= 4 is 11.6 Å². The Balaban J connectivity index is 2.12. The summed E-state index contributed by atoms with van der Waals surface area (Å²) in [6, 6.07) is 4.63. The van der Waals surface area contributed by atoms with Gasteiger partial charge < -0.3 is 10.1 Å². The molecule has 0 spiro atoms. The van der Waals surface area contributed by atoms with Crippen LogP contribution in [0.25, 0.3) is 0 Å². The van der Waals surface area contributed by atoms with Gasteiger partial charge >= 0.3 is 0 Å². The molecule has 3 nitrogen and oxygen atoms in total. The van der Waals surface area contributed by atoms with Gasteiger partial charge in [0.15, 0.2) is 11.6 Å². The van der Waals surface area contributed by atoms with E-state index in [1.807, 2.05) is 0 Å². The van der Waals surface area contributed by atoms with Crippen LogP contribution in [-0.2, 0) is 6.54 Å². The number of nitrogens with one attached hydrogen (secondary N) is 1. The summed E-state index contributed by atoms with van der Waals surface area (Å²) in [6.45, 7) is 3.60. The third-order valence-corrected chi connectivity index (χ3v) is 2.99. The number of halogens is 3. The van der Waals surface area contributed by atoms with E-state index in [1.54, 1.807) is 12.3 Å². The Morgan fingerprint density at radius 2 is 2.10 bits per heavy atom. The molecule has 0 fully saturated rings. The van der Waals surface area contributed by atoms with Crippen molar-refractivity contribution in [1.29, 1.82) is 0 Å². The van der Waals surface area contributed by atoms with Crippen LogP contribution in [0.2, 0.25) is 5.02 Å². The molecule has 0 bridgehead atoms. The molecule has 0 unspecified atom stereocenters. The van der Waals surface area contributed by atoms with Gasteiger partial charge in [-0.05, 0) is 36.7 Å². The monoisotopic (exact) mass is 312 g/mol. The zero-order valence-electron chi connectivity index (χ0n) is 11.5. The maximum Gasteiger partial charge on any atom is 0.238 e. The highest BCUT2D eigenvalue weighted by Gasteiger charge is 2.11.